The molecule has 19 heavy (non-hydrogen) atoms. The Morgan fingerprint density at radius 2 is 2.37 bits per heavy atom. The lowest BCUT2D eigenvalue weighted by molar-refractivity contribution is -0.129. The lowest BCUT2D eigenvalue weighted by atomic mass is 10.1. The first-order valence-corrected chi connectivity index (χ1v) is 7.23. The summed E-state index contributed by atoms with van der Waals surface area (Å²) in [6, 6.07) is 5.72. The van der Waals surface area contributed by atoms with E-state index < -0.39 is 0 Å². The quantitative estimate of drug-likeness (QED) is 0.918. The molecule has 0 aromatic heterocycles. The third-order valence-electron chi connectivity index (χ3n) is 3.56. The smallest absolute Gasteiger partial charge is 0.227 e. The van der Waals surface area contributed by atoms with Crippen LogP contribution in [-0.2, 0) is 11.2 Å². The molecular formula is C14H19BrN2O2. The number of methoxy groups -OCH3 is 1. The van der Waals surface area contributed by atoms with Gasteiger partial charge in [0.2, 0.25) is 5.91 Å². The highest BCUT2D eigenvalue weighted by molar-refractivity contribution is 9.10. The third-order valence-corrected chi connectivity index (χ3v) is 4.05. The van der Waals surface area contributed by atoms with Crippen molar-refractivity contribution in [3.05, 3.63) is 28.2 Å². The predicted molar refractivity (Wildman–Crippen MR) is 78.1 cm³/mol. The molecule has 1 unspecified atom stereocenters. The van der Waals surface area contributed by atoms with Gasteiger partial charge in [0.1, 0.15) is 5.75 Å². The minimum absolute atomic E-state index is 0.146. The Hall–Kier alpha value is -1.07. The van der Waals surface area contributed by atoms with Gasteiger partial charge in [-0.3, -0.25) is 4.79 Å². The SMILES string of the molecule is COc1ccc(Br)cc1CC(=O)N1CCC(CN)C1. The summed E-state index contributed by atoms with van der Waals surface area (Å²) in [7, 11) is 1.62. The normalized spacial score (nSPS) is 18.7. The first-order valence-electron chi connectivity index (χ1n) is 6.44. The van der Waals surface area contributed by atoms with E-state index in [4.69, 9.17) is 10.5 Å². The van der Waals surface area contributed by atoms with Crippen molar-refractivity contribution in [2.75, 3.05) is 26.7 Å². The van der Waals surface area contributed by atoms with E-state index in [0.29, 0.717) is 18.9 Å². The van der Waals surface area contributed by atoms with Crippen LogP contribution in [0.25, 0.3) is 0 Å². The van der Waals surface area contributed by atoms with Gasteiger partial charge in [0.05, 0.1) is 13.5 Å². The van der Waals surface area contributed by atoms with E-state index in [1.54, 1.807) is 7.11 Å². The van der Waals surface area contributed by atoms with Crippen molar-refractivity contribution >= 4 is 21.8 Å². The Morgan fingerprint density at radius 1 is 1.58 bits per heavy atom. The Morgan fingerprint density at radius 3 is 3.00 bits per heavy atom. The summed E-state index contributed by atoms with van der Waals surface area (Å²) in [4.78, 5) is 14.2. The van der Waals surface area contributed by atoms with E-state index in [9.17, 15) is 4.79 Å². The maximum atomic E-state index is 12.3. The van der Waals surface area contributed by atoms with E-state index >= 15 is 0 Å². The van der Waals surface area contributed by atoms with Gasteiger partial charge in [-0.05, 0) is 37.1 Å². The van der Waals surface area contributed by atoms with Crippen LogP contribution in [-0.4, -0.2) is 37.6 Å². The van der Waals surface area contributed by atoms with E-state index in [1.165, 1.54) is 0 Å². The van der Waals surface area contributed by atoms with E-state index in [0.717, 1.165) is 35.3 Å². The molecule has 5 heteroatoms. The minimum Gasteiger partial charge on any atom is -0.496 e. The lowest BCUT2D eigenvalue weighted by Gasteiger charge is -2.17. The summed E-state index contributed by atoms with van der Waals surface area (Å²) in [5.74, 6) is 1.35. The molecule has 2 N–H and O–H groups in total. The predicted octanol–water partition coefficient (Wildman–Crippen LogP) is 1.81. The second-order valence-electron chi connectivity index (χ2n) is 4.86. The topological polar surface area (TPSA) is 55.6 Å². The fourth-order valence-corrected chi connectivity index (χ4v) is 2.82. The molecule has 1 atom stereocenters. The molecule has 0 saturated carbocycles. The van der Waals surface area contributed by atoms with Crippen molar-refractivity contribution < 1.29 is 9.53 Å². The van der Waals surface area contributed by atoms with Gasteiger partial charge in [0.25, 0.3) is 0 Å². The molecule has 0 radical (unpaired) electrons. The Labute approximate surface area is 122 Å². The molecule has 1 aromatic carbocycles. The van der Waals surface area contributed by atoms with Crippen LogP contribution in [0.4, 0.5) is 0 Å². The molecule has 0 spiro atoms. The van der Waals surface area contributed by atoms with E-state index in [1.807, 2.05) is 23.1 Å². The lowest BCUT2D eigenvalue weighted by Crippen LogP contribution is -2.31. The van der Waals surface area contributed by atoms with Crippen LogP contribution in [0.15, 0.2) is 22.7 Å². The maximum absolute atomic E-state index is 12.3. The molecule has 2 rings (SSSR count). The average molecular weight is 327 g/mol. The van der Waals surface area contributed by atoms with Gasteiger partial charge in [0, 0.05) is 23.1 Å². The van der Waals surface area contributed by atoms with Crippen LogP contribution in [0.2, 0.25) is 0 Å². The number of carbonyl (C=O) groups excluding carboxylic acids is 1. The van der Waals surface area contributed by atoms with E-state index in [-0.39, 0.29) is 5.91 Å². The zero-order valence-electron chi connectivity index (χ0n) is 11.1. The number of rotatable bonds is 4. The zero-order valence-corrected chi connectivity index (χ0v) is 12.6. The van der Waals surface area contributed by atoms with E-state index in [2.05, 4.69) is 15.9 Å². The molecule has 1 heterocycles. The number of nitrogens with zero attached hydrogens (tertiary/aromatic N) is 1. The summed E-state index contributed by atoms with van der Waals surface area (Å²) in [5, 5.41) is 0. The summed E-state index contributed by atoms with van der Waals surface area (Å²) in [5.41, 5.74) is 6.56. The Kier molecular flexibility index (Phi) is 4.82. The number of halogens is 1. The monoisotopic (exact) mass is 326 g/mol. The summed E-state index contributed by atoms with van der Waals surface area (Å²) >= 11 is 3.42. The van der Waals surface area contributed by atoms with Crippen molar-refractivity contribution in [3.8, 4) is 5.75 Å². The van der Waals surface area contributed by atoms with Crippen molar-refractivity contribution in [1.82, 2.24) is 4.90 Å². The highest BCUT2D eigenvalue weighted by atomic mass is 79.9. The molecule has 1 aromatic rings. The van der Waals surface area contributed by atoms with Gasteiger partial charge in [-0.1, -0.05) is 15.9 Å². The molecule has 1 aliphatic heterocycles. The van der Waals surface area contributed by atoms with Crippen LogP contribution >= 0.6 is 15.9 Å². The van der Waals surface area contributed by atoms with Crippen LogP contribution in [0, 0.1) is 5.92 Å². The van der Waals surface area contributed by atoms with Gasteiger partial charge in [0.15, 0.2) is 0 Å². The largest absolute Gasteiger partial charge is 0.496 e. The first-order chi connectivity index (χ1) is 9.13. The molecule has 1 aliphatic rings. The highest BCUT2D eigenvalue weighted by Gasteiger charge is 2.25. The van der Waals surface area contributed by atoms with Gasteiger partial charge < -0.3 is 15.4 Å². The van der Waals surface area contributed by atoms with Gasteiger partial charge in [-0.25, -0.2) is 0 Å². The molecule has 1 saturated heterocycles. The number of hydrogen-bond donors (Lipinski definition) is 1. The van der Waals surface area contributed by atoms with Crippen molar-refractivity contribution in [1.29, 1.82) is 0 Å². The molecule has 1 amide bonds. The number of nitrogens with two attached hydrogens (primary N) is 1. The number of benzene rings is 1. The Balaban J connectivity index is 2.05. The van der Waals surface area contributed by atoms with Crippen LogP contribution < -0.4 is 10.5 Å². The average Bonchev–Trinajstić information content (AvgIpc) is 2.88. The van der Waals surface area contributed by atoms with Crippen LogP contribution in [0.3, 0.4) is 0 Å². The van der Waals surface area contributed by atoms with Crippen LogP contribution in [0.5, 0.6) is 5.75 Å². The fraction of sp³-hybridized carbons (Fsp3) is 0.500. The molecular weight excluding hydrogens is 308 g/mol. The number of carbonyl (C=O) groups is 1. The van der Waals surface area contributed by atoms with Gasteiger partial charge in [-0.2, -0.15) is 0 Å². The highest BCUT2D eigenvalue weighted by Crippen LogP contribution is 2.25. The van der Waals surface area contributed by atoms with Crippen molar-refractivity contribution in [2.24, 2.45) is 11.7 Å². The van der Waals surface area contributed by atoms with Crippen LogP contribution in [0.1, 0.15) is 12.0 Å². The molecule has 4 nitrogen and oxygen atoms in total. The maximum Gasteiger partial charge on any atom is 0.227 e. The number of ether oxygens (including phenoxy) is 1. The molecule has 1 fully saturated rings. The second-order valence-corrected chi connectivity index (χ2v) is 5.78. The third kappa shape index (κ3) is 3.48. The van der Waals surface area contributed by atoms with Crippen molar-refractivity contribution in [3.63, 3.8) is 0 Å². The standard InChI is InChI=1S/C14H19BrN2O2/c1-19-13-3-2-12(15)6-11(13)7-14(18)17-5-4-10(8-16)9-17/h2-3,6,10H,4-5,7-9,16H2,1H3. The van der Waals surface area contributed by atoms with Crippen molar-refractivity contribution in [2.45, 2.75) is 12.8 Å². The number of hydrogen-bond acceptors (Lipinski definition) is 3. The first kappa shape index (κ1) is 14.3. The summed E-state index contributed by atoms with van der Waals surface area (Å²) in [6.07, 6.45) is 1.39. The van der Waals surface area contributed by atoms with Gasteiger partial charge in [-0.15, -0.1) is 0 Å². The van der Waals surface area contributed by atoms with Gasteiger partial charge >= 0.3 is 0 Å². The summed E-state index contributed by atoms with van der Waals surface area (Å²) < 4.78 is 6.25. The minimum atomic E-state index is 0.146. The molecule has 0 aliphatic carbocycles. The number of likely N-dealkylation sites (tertiary alicyclic amines) is 1. The Bertz CT molecular complexity index is 465. The molecule has 104 valence electrons. The zero-order chi connectivity index (χ0) is 13.8. The summed E-state index contributed by atoms with van der Waals surface area (Å²) in [6.45, 7) is 2.26. The molecule has 0 bridgehead atoms. The second kappa shape index (κ2) is 6.39. The number of amides is 1. The fourth-order valence-electron chi connectivity index (χ4n) is 2.41.